The first kappa shape index (κ1) is 17.1. The summed E-state index contributed by atoms with van der Waals surface area (Å²) in [6.07, 6.45) is 1.73. The number of nitrogen functional groups attached to an aromatic ring is 1. The molecule has 1 heterocycles. The molecule has 1 amide bonds. The van der Waals surface area contributed by atoms with Gasteiger partial charge in [0.15, 0.2) is 6.10 Å². The molecule has 0 fully saturated rings. The lowest BCUT2D eigenvalue weighted by atomic mass is 10.1. The smallest absolute Gasteiger partial charge is 0.355 e. The molecule has 118 valence electrons. The van der Waals surface area contributed by atoms with Gasteiger partial charge in [-0.05, 0) is 32.3 Å². The first-order valence-electron chi connectivity index (χ1n) is 7.29. The number of esters is 1. The number of nitrogens with zero attached hydrogens (tertiary/aromatic N) is 1. The zero-order valence-electron chi connectivity index (χ0n) is 13.2. The van der Waals surface area contributed by atoms with E-state index >= 15 is 0 Å². The molecule has 1 atom stereocenters. The van der Waals surface area contributed by atoms with Gasteiger partial charge in [0.1, 0.15) is 5.69 Å². The van der Waals surface area contributed by atoms with E-state index in [0.717, 1.165) is 6.42 Å². The maximum Gasteiger partial charge on any atom is 0.355 e. The third-order valence-electron chi connectivity index (χ3n) is 3.14. The normalized spacial score (nSPS) is 12.2. The summed E-state index contributed by atoms with van der Waals surface area (Å²) >= 11 is 0. The zero-order chi connectivity index (χ0) is 16.0. The Morgan fingerprint density at radius 3 is 2.62 bits per heavy atom. The van der Waals surface area contributed by atoms with Crippen LogP contribution in [0.5, 0.6) is 0 Å². The van der Waals surface area contributed by atoms with Gasteiger partial charge in [0.05, 0.1) is 5.69 Å². The fraction of sp³-hybridized carbons (Fsp3) is 0.600. The van der Waals surface area contributed by atoms with Gasteiger partial charge < -0.3 is 20.4 Å². The molecule has 0 saturated carbocycles. The van der Waals surface area contributed by atoms with Gasteiger partial charge >= 0.3 is 5.97 Å². The van der Waals surface area contributed by atoms with E-state index in [2.05, 4.69) is 19.2 Å². The number of aromatic nitrogens is 1. The highest BCUT2D eigenvalue weighted by Crippen LogP contribution is 2.12. The Balaban J connectivity index is 2.55. The third-order valence-corrected chi connectivity index (χ3v) is 3.14. The number of ether oxygens (including phenoxy) is 1. The second-order valence-corrected chi connectivity index (χ2v) is 5.47. The second kappa shape index (κ2) is 7.71. The number of hydrogen-bond acceptors (Lipinski definition) is 4. The first-order valence-corrected chi connectivity index (χ1v) is 7.29. The summed E-state index contributed by atoms with van der Waals surface area (Å²) in [7, 11) is 0. The van der Waals surface area contributed by atoms with Gasteiger partial charge in [0, 0.05) is 19.3 Å². The van der Waals surface area contributed by atoms with E-state index in [1.807, 2.05) is 6.92 Å². The van der Waals surface area contributed by atoms with Gasteiger partial charge in [-0.2, -0.15) is 0 Å². The molecule has 1 unspecified atom stereocenters. The lowest BCUT2D eigenvalue weighted by Crippen LogP contribution is -2.36. The van der Waals surface area contributed by atoms with Gasteiger partial charge in [-0.15, -0.1) is 0 Å². The summed E-state index contributed by atoms with van der Waals surface area (Å²) in [4.78, 5) is 23.9. The quantitative estimate of drug-likeness (QED) is 0.751. The molecule has 0 aliphatic carbocycles. The van der Waals surface area contributed by atoms with E-state index < -0.39 is 12.1 Å². The molecule has 0 bridgehead atoms. The predicted octanol–water partition coefficient (Wildman–Crippen LogP) is 1.80. The lowest BCUT2D eigenvalue weighted by molar-refractivity contribution is -0.129. The number of rotatable bonds is 7. The molecule has 21 heavy (non-hydrogen) atoms. The van der Waals surface area contributed by atoms with Gasteiger partial charge in [-0.25, -0.2) is 4.79 Å². The number of carbonyl (C=O) groups excluding carboxylic acids is 2. The standard InChI is InChI=1S/C15H25N3O3/c1-5-18-9-12(16)8-13(18)15(20)21-11(4)14(19)17-7-6-10(2)3/h8-11H,5-7,16H2,1-4H3,(H,17,19). The SMILES string of the molecule is CCn1cc(N)cc1C(=O)OC(C)C(=O)NCCC(C)C. The van der Waals surface area contributed by atoms with Crippen LogP contribution < -0.4 is 11.1 Å². The van der Waals surface area contributed by atoms with E-state index in [1.54, 1.807) is 23.8 Å². The van der Waals surface area contributed by atoms with Crippen LogP contribution in [-0.2, 0) is 16.1 Å². The average Bonchev–Trinajstić information content (AvgIpc) is 2.79. The topological polar surface area (TPSA) is 86.3 Å². The zero-order valence-corrected chi connectivity index (χ0v) is 13.2. The van der Waals surface area contributed by atoms with Crippen LogP contribution in [0.3, 0.4) is 0 Å². The summed E-state index contributed by atoms with van der Waals surface area (Å²) in [5.41, 5.74) is 6.53. The van der Waals surface area contributed by atoms with Crippen LogP contribution >= 0.6 is 0 Å². The maximum absolute atomic E-state index is 12.1. The van der Waals surface area contributed by atoms with Gasteiger partial charge in [0.2, 0.25) is 0 Å². The van der Waals surface area contributed by atoms with Crippen molar-refractivity contribution in [2.75, 3.05) is 12.3 Å². The fourth-order valence-corrected chi connectivity index (χ4v) is 1.87. The molecule has 1 rings (SSSR count). The number of hydrogen-bond donors (Lipinski definition) is 2. The van der Waals surface area contributed by atoms with Crippen molar-refractivity contribution in [3.05, 3.63) is 18.0 Å². The van der Waals surface area contributed by atoms with E-state index in [9.17, 15) is 9.59 Å². The first-order chi connectivity index (χ1) is 9.85. The van der Waals surface area contributed by atoms with Crippen LogP contribution in [0.15, 0.2) is 12.3 Å². The molecule has 0 saturated heterocycles. The van der Waals surface area contributed by atoms with Crippen LogP contribution in [0.4, 0.5) is 5.69 Å². The Labute approximate surface area is 125 Å². The van der Waals surface area contributed by atoms with Crippen LogP contribution in [-0.4, -0.2) is 29.1 Å². The summed E-state index contributed by atoms with van der Waals surface area (Å²) in [5.74, 6) is -0.314. The Morgan fingerprint density at radius 2 is 2.05 bits per heavy atom. The molecule has 6 nitrogen and oxygen atoms in total. The third kappa shape index (κ3) is 5.13. The van der Waals surface area contributed by atoms with Crippen molar-refractivity contribution >= 4 is 17.6 Å². The molecule has 0 aliphatic heterocycles. The summed E-state index contributed by atoms with van der Waals surface area (Å²) in [6.45, 7) is 8.81. The molecule has 6 heteroatoms. The largest absolute Gasteiger partial charge is 0.448 e. The molecular formula is C15H25N3O3. The number of amides is 1. The van der Waals surface area contributed by atoms with Crippen LogP contribution in [0.1, 0.15) is 44.6 Å². The highest BCUT2D eigenvalue weighted by atomic mass is 16.5. The van der Waals surface area contributed by atoms with Crippen LogP contribution in [0.25, 0.3) is 0 Å². The van der Waals surface area contributed by atoms with Crippen molar-refractivity contribution in [1.29, 1.82) is 0 Å². The van der Waals surface area contributed by atoms with Crippen molar-refractivity contribution in [1.82, 2.24) is 9.88 Å². The number of nitrogens with one attached hydrogen (secondary N) is 1. The minimum atomic E-state index is -0.828. The lowest BCUT2D eigenvalue weighted by Gasteiger charge is -2.14. The monoisotopic (exact) mass is 295 g/mol. The molecule has 0 spiro atoms. The molecule has 1 aromatic rings. The van der Waals surface area contributed by atoms with Crippen LogP contribution in [0, 0.1) is 5.92 Å². The Bertz CT molecular complexity index is 494. The van der Waals surface area contributed by atoms with Gasteiger partial charge in [-0.3, -0.25) is 4.79 Å². The minimum Gasteiger partial charge on any atom is -0.448 e. The molecule has 3 N–H and O–H groups in total. The molecule has 0 radical (unpaired) electrons. The molecular weight excluding hydrogens is 270 g/mol. The number of carbonyl (C=O) groups is 2. The van der Waals surface area contributed by atoms with Gasteiger partial charge in [0.25, 0.3) is 5.91 Å². The maximum atomic E-state index is 12.1. The molecule has 1 aromatic heterocycles. The minimum absolute atomic E-state index is 0.286. The predicted molar refractivity (Wildman–Crippen MR) is 81.9 cm³/mol. The Kier molecular flexibility index (Phi) is 6.27. The highest BCUT2D eigenvalue weighted by Gasteiger charge is 2.21. The summed E-state index contributed by atoms with van der Waals surface area (Å²) in [5, 5.41) is 2.76. The summed E-state index contributed by atoms with van der Waals surface area (Å²) in [6, 6.07) is 1.55. The molecule has 0 aromatic carbocycles. The number of aryl methyl sites for hydroxylation is 1. The fourth-order valence-electron chi connectivity index (χ4n) is 1.87. The van der Waals surface area contributed by atoms with Crippen LogP contribution in [0.2, 0.25) is 0 Å². The number of anilines is 1. The Hall–Kier alpha value is -1.98. The Morgan fingerprint density at radius 1 is 1.38 bits per heavy atom. The highest BCUT2D eigenvalue weighted by molar-refractivity contribution is 5.91. The van der Waals surface area contributed by atoms with E-state index in [0.29, 0.717) is 30.4 Å². The van der Waals surface area contributed by atoms with Crippen molar-refractivity contribution in [3.8, 4) is 0 Å². The van der Waals surface area contributed by atoms with Crippen molar-refractivity contribution in [3.63, 3.8) is 0 Å². The second-order valence-electron chi connectivity index (χ2n) is 5.47. The van der Waals surface area contributed by atoms with E-state index in [4.69, 9.17) is 10.5 Å². The summed E-state index contributed by atoms with van der Waals surface area (Å²) < 4.78 is 6.88. The van der Waals surface area contributed by atoms with Crippen molar-refractivity contribution in [2.24, 2.45) is 5.92 Å². The van der Waals surface area contributed by atoms with Crippen molar-refractivity contribution < 1.29 is 14.3 Å². The molecule has 0 aliphatic rings. The average molecular weight is 295 g/mol. The van der Waals surface area contributed by atoms with E-state index in [1.165, 1.54) is 0 Å². The van der Waals surface area contributed by atoms with E-state index in [-0.39, 0.29) is 5.91 Å². The van der Waals surface area contributed by atoms with Crippen molar-refractivity contribution in [2.45, 2.75) is 46.8 Å². The number of nitrogens with two attached hydrogens (primary N) is 1. The van der Waals surface area contributed by atoms with Gasteiger partial charge in [-0.1, -0.05) is 13.8 Å².